The molecule has 0 spiro atoms. The summed E-state index contributed by atoms with van der Waals surface area (Å²) in [6.07, 6.45) is 3.79. The van der Waals surface area contributed by atoms with Gasteiger partial charge in [0.25, 0.3) is 0 Å². The predicted octanol–water partition coefficient (Wildman–Crippen LogP) is 3.81. The predicted molar refractivity (Wildman–Crippen MR) is 89.5 cm³/mol. The van der Waals surface area contributed by atoms with Crippen LogP contribution in [-0.2, 0) is 17.8 Å². The summed E-state index contributed by atoms with van der Waals surface area (Å²) in [6, 6.07) is 10.0. The van der Waals surface area contributed by atoms with E-state index in [1.165, 1.54) is 12.1 Å². The number of aromatic nitrogens is 1. The van der Waals surface area contributed by atoms with Crippen LogP contribution in [0, 0.1) is 5.82 Å². The Labute approximate surface area is 137 Å². The summed E-state index contributed by atoms with van der Waals surface area (Å²) < 4.78 is 12.8. The van der Waals surface area contributed by atoms with Crippen molar-refractivity contribution in [3.8, 4) is 11.1 Å². The maximum atomic E-state index is 12.8. The molecule has 0 unspecified atom stereocenters. The number of hydrogen-bond acceptors (Lipinski definition) is 3. The number of halogens is 1. The molecule has 0 aliphatic carbocycles. The Bertz CT molecular complexity index is 785. The molecule has 1 aromatic carbocycles. The van der Waals surface area contributed by atoms with Gasteiger partial charge in [-0.05, 0) is 51.7 Å². The van der Waals surface area contributed by atoms with Gasteiger partial charge in [0.15, 0.2) is 0 Å². The van der Waals surface area contributed by atoms with Crippen LogP contribution in [0.15, 0.2) is 59.6 Å². The van der Waals surface area contributed by atoms with Crippen molar-refractivity contribution in [2.75, 3.05) is 0 Å². The summed E-state index contributed by atoms with van der Waals surface area (Å²) in [7, 11) is 0. The number of thiophene rings is 1. The zero-order chi connectivity index (χ0) is 16.1. The van der Waals surface area contributed by atoms with Gasteiger partial charge >= 0.3 is 0 Å². The molecule has 0 bridgehead atoms. The van der Waals surface area contributed by atoms with Gasteiger partial charge in [0.1, 0.15) is 5.82 Å². The Hall–Kier alpha value is -2.53. The van der Waals surface area contributed by atoms with E-state index in [9.17, 15) is 9.18 Å². The van der Waals surface area contributed by atoms with Gasteiger partial charge in [-0.15, -0.1) is 0 Å². The van der Waals surface area contributed by atoms with E-state index in [1.54, 1.807) is 29.7 Å². The normalized spacial score (nSPS) is 10.5. The molecule has 0 aliphatic heterocycles. The summed E-state index contributed by atoms with van der Waals surface area (Å²) >= 11 is 1.64. The molecule has 0 aliphatic rings. The second-order valence-electron chi connectivity index (χ2n) is 5.17. The average Bonchev–Trinajstić information content (AvgIpc) is 3.10. The third-order valence-corrected chi connectivity index (χ3v) is 4.10. The van der Waals surface area contributed by atoms with Crippen LogP contribution >= 0.6 is 11.3 Å². The zero-order valence-corrected chi connectivity index (χ0v) is 13.1. The topological polar surface area (TPSA) is 42.0 Å². The molecule has 0 atom stereocenters. The molecule has 3 nitrogen and oxygen atoms in total. The SMILES string of the molecule is O=C(Cc1ccc(F)cc1)NCc1cncc(-c2ccsc2)c1. The largest absolute Gasteiger partial charge is 0.352 e. The van der Waals surface area contributed by atoms with E-state index >= 15 is 0 Å². The van der Waals surface area contributed by atoms with Crippen LogP contribution in [0.1, 0.15) is 11.1 Å². The summed E-state index contributed by atoms with van der Waals surface area (Å²) in [5.41, 5.74) is 3.90. The minimum Gasteiger partial charge on any atom is -0.352 e. The third kappa shape index (κ3) is 4.23. The quantitative estimate of drug-likeness (QED) is 0.775. The standard InChI is InChI=1S/C18H15FN2OS/c19-17-3-1-13(2-4-17)8-18(22)21-10-14-7-16(11-20-9-14)15-5-6-23-12-15/h1-7,9,11-12H,8,10H2,(H,21,22). The molecular weight excluding hydrogens is 311 g/mol. The lowest BCUT2D eigenvalue weighted by Gasteiger charge is -2.07. The monoisotopic (exact) mass is 326 g/mol. The van der Waals surface area contributed by atoms with Crippen LogP contribution in [0.2, 0.25) is 0 Å². The van der Waals surface area contributed by atoms with Gasteiger partial charge in [0.05, 0.1) is 6.42 Å². The fourth-order valence-corrected chi connectivity index (χ4v) is 2.89. The number of hydrogen-bond donors (Lipinski definition) is 1. The third-order valence-electron chi connectivity index (χ3n) is 3.42. The number of benzene rings is 1. The molecular formula is C18H15FN2OS. The van der Waals surface area contributed by atoms with Gasteiger partial charge in [0.2, 0.25) is 5.91 Å². The molecule has 2 aromatic heterocycles. The fourth-order valence-electron chi connectivity index (χ4n) is 2.22. The zero-order valence-electron chi connectivity index (χ0n) is 12.3. The lowest BCUT2D eigenvalue weighted by molar-refractivity contribution is -0.120. The second-order valence-corrected chi connectivity index (χ2v) is 5.95. The Morgan fingerprint density at radius 1 is 1.09 bits per heavy atom. The van der Waals surface area contributed by atoms with Crippen molar-refractivity contribution < 1.29 is 9.18 Å². The van der Waals surface area contributed by atoms with E-state index < -0.39 is 0 Å². The second kappa shape index (κ2) is 7.15. The molecule has 23 heavy (non-hydrogen) atoms. The van der Waals surface area contributed by atoms with Gasteiger partial charge in [0, 0.05) is 24.5 Å². The number of nitrogens with one attached hydrogen (secondary N) is 1. The number of nitrogens with zero attached hydrogens (tertiary/aromatic N) is 1. The Kier molecular flexibility index (Phi) is 4.78. The Morgan fingerprint density at radius 2 is 1.91 bits per heavy atom. The van der Waals surface area contributed by atoms with E-state index in [0.29, 0.717) is 6.54 Å². The molecule has 0 saturated heterocycles. The van der Waals surface area contributed by atoms with Crippen molar-refractivity contribution >= 4 is 17.2 Å². The van der Waals surface area contributed by atoms with Crippen LogP contribution in [-0.4, -0.2) is 10.9 Å². The summed E-state index contributed by atoms with van der Waals surface area (Å²) in [5.74, 6) is -0.400. The smallest absolute Gasteiger partial charge is 0.224 e. The molecule has 1 N–H and O–H groups in total. The van der Waals surface area contributed by atoms with Crippen molar-refractivity contribution in [3.63, 3.8) is 0 Å². The first kappa shape index (κ1) is 15.4. The maximum absolute atomic E-state index is 12.8. The van der Waals surface area contributed by atoms with Gasteiger partial charge in [-0.25, -0.2) is 4.39 Å². The van der Waals surface area contributed by atoms with Crippen LogP contribution in [0.25, 0.3) is 11.1 Å². The highest BCUT2D eigenvalue weighted by Gasteiger charge is 2.05. The number of rotatable bonds is 5. The summed E-state index contributed by atoms with van der Waals surface area (Å²) in [4.78, 5) is 16.2. The van der Waals surface area contributed by atoms with Crippen LogP contribution in [0.4, 0.5) is 4.39 Å². The van der Waals surface area contributed by atoms with E-state index in [4.69, 9.17) is 0 Å². The molecule has 0 saturated carbocycles. The molecule has 116 valence electrons. The van der Waals surface area contributed by atoms with E-state index in [1.807, 2.05) is 23.7 Å². The van der Waals surface area contributed by atoms with Crippen LogP contribution < -0.4 is 5.32 Å². The van der Waals surface area contributed by atoms with E-state index in [-0.39, 0.29) is 18.1 Å². The minimum absolute atomic E-state index is 0.0995. The molecule has 5 heteroatoms. The fraction of sp³-hybridized carbons (Fsp3) is 0.111. The number of pyridine rings is 1. The van der Waals surface area contributed by atoms with Crippen molar-refractivity contribution in [1.29, 1.82) is 0 Å². The molecule has 3 rings (SSSR count). The highest BCUT2D eigenvalue weighted by Crippen LogP contribution is 2.21. The Balaban J connectivity index is 1.58. The van der Waals surface area contributed by atoms with Crippen LogP contribution in [0.3, 0.4) is 0 Å². The first-order valence-electron chi connectivity index (χ1n) is 7.18. The average molecular weight is 326 g/mol. The van der Waals surface area contributed by atoms with E-state index in [2.05, 4.69) is 15.7 Å². The molecule has 1 amide bonds. The van der Waals surface area contributed by atoms with E-state index in [0.717, 1.165) is 22.3 Å². The van der Waals surface area contributed by atoms with Gasteiger partial charge in [-0.1, -0.05) is 12.1 Å². The molecule has 3 aromatic rings. The number of carbonyl (C=O) groups is 1. The van der Waals surface area contributed by atoms with Crippen molar-refractivity contribution in [1.82, 2.24) is 10.3 Å². The highest BCUT2D eigenvalue weighted by atomic mass is 32.1. The summed E-state index contributed by atoms with van der Waals surface area (Å²) in [6.45, 7) is 0.422. The van der Waals surface area contributed by atoms with Crippen molar-refractivity contribution in [2.45, 2.75) is 13.0 Å². The minimum atomic E-state index is -0.300. The van der Waals surface area contributed by atoms with Crippen molar-refractivity contribution in [2.24, 2.45) is 0 Å². The first-order valence-corrected chi connectivity index (χ1v) is 8.12. The molecule has 0 radical (unpaired) electrons. The number of carbonyl (C=O) groups excluding carboxylic acids is 1. The molecule has 2 heterocycles. The van der Waals surface area contributed by atoms with Gasteiger partial charge in [-0.3, -0.25) is 9.78 Å². The summed E-state index contributed by atoms with van der Waals surface area (Å²) in [5, 5.41) is 6.95. The van der Waals surface area contributed by atoms with Crippen molar-refractivity contribution in [3.05, 3.63) is 76.5 Å². The molecule has 0 fully saturated rings. The number of amides is 1. The lowest BCUT2D eigenvalue weighted by Crippen LogP contribution is -2.24. The first-order chi connectivity index (χ1) is 11.2. The lowest BCUT2D eigenvalue weighted by atomic mass is 10.1. The van der Waals surface area contributed by atoms with Gasteiger partial charge in [-0.2, -0.15) is 11.3 Å². The van der Waals surface area contributed by atoms with Gasteiger partial charge < -0.3 is 5.32 Å². The van der Waals surface area contributed by atoms with Crippen LogP contribution in [0.5, 0.6) is 0 Å². The Morgan fingerprint density at radius 3 is 2.65 bits per heavy atom. The highest BCUT2D eigenvalue weighted by molar-refractivity contribution is 7.08. The maximum Gasteiger partial charge on any atom is 0.224 e.